The molecule has 0 aliphatic heterocycles. The number of para-hydroxylation sites is 1. The molecule has 3 rings (SSSR count). The van der Waals surface area contributed by atoms with Crippen molar-refractivity contribution in [2.45, 2.75) is 5.60 Å². The molecule has 5 nitrogen and oxygen atoms in total. The van der Waals surface area contributed by atoms with Crippen LogP contribution >= 0.6 is 0 Å². The van der Waals surface area contributed by atoms with Crippen molar-refractivity contribution < 1.29 is 15.1 Å². The number of aromatic hydroxyl groups is 1. The van der Waals surface area contributed by atoms with Gasteiger partial charge in [0.15, 0.2) is 0 Å². The number of nitro groups is 1. The molecule has 3 aromatic carbocycles. The van der Waals surface area contributed by atoms with E-state index < -0.39 is 10.5 Å². The quantitative estimate of drug-likeness (QED) is 0.437. The first-order valence-corrected chi connectivity index (χ1v) is 7.35. The second-order valence-electron chi connectivity index (χ2n) is 5.40. The minimum Gasteiger partial charge on any atom is -0.508 e. The Morgan fingerprint density at radius 1 is 0.833 bits per heavy atom. The molecule has 0 bridgehead atoms. The van der Waals surface area contributed by atoms with Crippen LogP contribution in [0.1, 0.15) is 16.7 Å². The van der Waals surface area contributed by atoms with E-state index in [0.29, 0.717) is 11.1 Å². The van der Waals surface area contributed by atoms with Crippen molar-refractivity contribution in [2.75, 3.05) is 0 Å². The molecule has 0 aliphatic rings. The Morgan fingerprint density at radius 2 is 1.46 bits per heavy atom. The lowest BCUT2D eigenvalue weighted by Gasteiger charge is -2.30. The molecule has 120 valence electrons. The first-order chi connectivity index (χ1) is 11.5. The van der Waals surface area contributed by atoms with Gasteiger partial charge < -0.3 is 10.2 Å². The average molecular weight is 321 g/mol. The van der Waals surface area contributed by atoms with Crippen LogP contribution in [0.15, 0.2) is 78.9 Å². The van der Waals surface area contributed by atoms with Crippen molar-refractivity contribution in [2.24, 2.45) is 0 Å². The van der Waals surface area contributed by atoms with E-state index in [0.717, 1.165) is 0 Å². The molecule has 0 aliphatic carbocycles. The molecule has 0 amide bonds. The first kappa shape index (κ1) is 15.7. The smallest absolute Gasteiger partial charge is 0.269 e. The number of non-ortho nitro benzene ring substituents is 1. The monoisotopic (exact) mass is 321 g/mol. The normalized spacial score (nSPS) is 13.2. The van der Waals surface area contributed by atoms with Crippen LogP contribution in [0.5, 0.6) is 5.75 Å². The second-order valence-corrected chi connectivity index (χ2v) is 5.40. The Morgan fingerprint density at radius 3 is 2.12 bits per heavy atom. The number of aliphatic hydroxyl groups is 1. The van der Waals surface area contributed by atoms with E-state index in [4.69, 9.17) is 0 Å². The lowest BCUT2D eigenvalue weighted by molar-refractivity contribution is -0.385. The van der Waals surface area contributed by atoms with E-state index >= 15 is 0 Å². The fourth-order valence-corrected chi connectivity index (χ4v) is 2.78. The first-order valence-electron chi connectivity index (χ1n) is 7.35. The number of hydrogen-bond donors (Lipinski definition) is 2. The highest BCUT2D eigenvalue weighted by Crippen LogP contribution is 2.41. The standard InChI is InChI=1S/C19H15NO4/c21-18-12-5-4-11-17(18)19(22,14-7-2-1-3-8-14)15-9-6-10-16(13-15)20(23)24/h1-13,21-22H. The maximum absolute atomic E-state index is 11.5. The van der Waals surface area contributed by atoms with Gasteiger partial charge in [-0.2, -0.15) is 0 Å². The summed E-state index contributed by atoms with van der Waals surface area (Å²) in [7, 11) is 0. The highest BCUT2D eigenvalue weighted by Gasteiger charge is 2.36. The zero-order valence-corrected chi connectivity index (χ0v) is 12.7. The third-order valence-electron chi connectivity index (χ3n) is 3.96. The Balaban J connectivity index is 2.30. The van der Waals surface area contributed by atoms with Gasteiger partial charge in [-0.05, 0) is 17.2 Å². The molecular weight excluding hydrogens is 306 g/mol. The zero-order chi connectivity index (χ0) is 17.2. The summed E-state index contributed by atoms with van der Waals surface area (Å²) in [6, 6.07) is 21.0. The van der Waals surface area contributed by atoms with E-state index in [9.17, 15) is 20.3 Å². The molecule has 2 N–H and O–H groups in total. The molecule has 0 radical (unpaired) electrons. The molecule has 1 unspecified atom stereocenters. The SMILES string of the molecule is O=[N+]([O-])c1cccc(C(O)(c2ccccc2)c2ccccc2O)c1. The van der Waals surface area contributed by atoms with Crippen LogP contribution in [0, 0.1) is 10.1 Å². The molecule has 0 saturated heterocycles. The number of phenols is 1. The van der Waals surface area contributed by atoms with Crippen LogP contribution < -0.4 is 0 Å². The number of hydrogen-bond acceptors (Lipinski definition) is 4. The third-order valence-corrected chi connectivity index (χ3v) is 3.96. The summed E-state index contributed by atoms with van der Waals surface area (Å²) in [5, 5.41) is 32.9. The summed E-state index contributed by atoms with van der Waals surface area (Å²) in [6.07, 6.45) is 0. The number of phenolic OH excluding ortho intramolecular Hbond substituents is 1. The van der Waals surface area contributed by atoms with Crippen LogP contribution in [0.25, 0.3) is 0 Å². The Bertz CT molecular complexity index is 879. The lowest BCUT2D eigenvalue weighted by Crippen LogP contribution is -2.29. The maximum atomic E-state index is 11.5. The molecule has 3 aromatic rings. The number of rotatable bonds is 4. The Labute approximate surface area is 138 Å². The highest BCUT2D eigenvalue weighted by molar-refractivity contribution is 5.53. The van der Waals surface area contributed by atoms with Gasteiger partial charge in [0.25, 0.3) is 5.69 Å². The van der Waals surface area contributed by atoms with E-state index in [1.165, 1.54) is 24.3 Å². The lowest BCUT2D eigenvalue weighted by atomic mass is 9.80. The molecule has 0 fully saturated rings. The van der Waals surface area contributed by atoms with E-state index in [1.807, 2.05) is 6.07 Å². The number of nitrogens with zero attached hydrogens (tertiary/aromatic N) is 1. The summed E-state index contributed by atoms with van der Waals surface area (Å²) in [5.41, 5.74) is -0.760. The summed E-state index contributed by atoms with van der Waals surface area (Å²) in [5.74, 6) is -0.0876. The number of nitro benzene ring substituents is 1. The van der Waals surface area contributed by atoms with Crippen molar-refractivity contribution in [3.05, 3.63) is 106 Å². The fraction of sp³-hybridized carbons (Fsp3) is 0.0526. The summed E-state index contributed by atoms with van der Waals surface area (Å²) in [4.78, 5) is 10.6. The van der Waals surface area contributed by atoms with Gasteiger partial charge in [0.2, 0.25) is 0 Å². The van der Waals surface area contributed by atoms with Crippen molar-refractivity contribution in [1.82, 2.24) is 0 Å². The summed E-state index contributed by atoms with van der Waals surface area (Å²) in [6.45, 7) is 0. The van der Waals surface area contributed by atoms with Crippen molar-refractivity contribution in [1.29, 1.82) is 0 Å². The van der Waals surface area contributed by atoms with Gasteiger partial charge in [-0.25, -0.2) is 0 Å². The van der Waals surface area contributed by atoms with Crippen molar-refractivity contribution in [3.63, 3.8) is 0 Å². The van der Waals surface area contributed by atoms with Crippen LogP contribution in [-0.2, 0) is 5.60 Å². The molecule has 1 atom stereocenters. The van der Waals surface area contributed by atoms with E-state index in [1.54, 1.807) is 48.5 Å². The van der Waals surface area contributed by atoms with Gasteiger partial charge in [0.1, 0.15) is 11.4 Å². The second kappa shape index (κ2) is 6.14. The molecule has 0 saturated carbocycles. The molecule has 0 aromatic heterocycles. The van der Waals surface area contributed by atoms with Crippen LogP contribution in [0.2, 0.25) is 0 Å². The molecule has 0 spiro atoms. The molecular formula is C19H15NO4. The van der Waals surface area contributed by atoms with Crippen LogP contribution in [0.4, 0.5) is 5.69 Å². The molecule has 24 heavy (non-hydrogen) atoms. The van der Waals surface area contributed by atoms with E-state index in [2.05, 4.69) is 0 Å². The largest absolute Gasteiger partial charge is 0.508 e. The van der Waals surface area contributed by atoms with Crippen LogP contribution in [0.3, 0.4) is 0 Å². The van der Waals surface area contributed by atoms with Gasteiger partial charge in [0, 0.05) is 17.7 Å². The highest BCUT2D eigenvalue weighted by atomic mass is 16.6. The minimum atomic E-state index is -1.71. The summed E-state index contributed by atoms with van der Waals surface area (Å²) < 4.78 is 0. The molecule has 5 heteroatoms. The zero-order valence-electron chi connectivity index (χ0n) is 12.7. The van der Waals surface area contributed by atoms with Gasteiger partial charge in [-0.3, -0.25) is 10.1 Å². The Hall–Kier alpha value is -3.18. The predicted molar refractivity (Wildman–Crippen MR) is 89.7 cm³/mol. The van der Waals surface area contributed by atoms with Gasteiger partial charge >= 0.3 is 0 Å². The fourth-order valence-electron chi connectivity index (χ4n) is 2.78. The maximum Gasteiger partial charge on any atom is 0.269 e. The topological polar surface area (TPSA) is 83.6 Å². The van der Waals surface area contributed by atoms with Crippen LogP contribution in [-0.4, -0.2) is 15.1 Å². The van der Waals surface area contributed by atoms with Gasteiger partial charge in [-0.15, -0.1) is 0 Å². The third kappa shape index (κ3) is 2.61. The minimum absolute atomic E-state index is 0.0876. The predicted octanol–water partition coefficient (Wildman–Crippen LogP) is 3.58. The van der Waals surface area contributed by atoms with Gasteiger partial charge in [0.05, 0.1) is 4.92 Å². The van der Waals surface area contributed by atoms with Gasteiger partial charge in [-0.1, -0.05) is 60.7 Å². The summed E-state index contributed by atoms with van der Waals surface area (Å²) >= 11 is 0. The number of benzene rings is 3. The Kier molecular flexibility index (Phi) is 4.02. The van der Waals surface area contributed by atoms with Crippen molar-refractivity contribution >= 4 is 5.69 Å². The average Bonchev–Trinajstić information content (AvgIpc) is 2.62. The van der Waals surface area contributed by atoms with E-state index in [-0.39, 0.29) is 17.0 Å². The molecule has 0 heterocycles. The van der Waals surface area contributed by atoms with Crippen molar-refractivity contribution in [3.8, 4) is 5.75 Å².